The second-order valence-electron chi connectivity index (χ2n) is 2.64. The molecule has 2 nitrogen and oxygen atoms in total. The Kier molecular flexibility index (Phi) is 4.42. The van der Waals surface area contributed by atoms with Gasteiger partial charge >= 0.3 is 0 Å². The van der Waals surface area contributed by atoms with Crippen LogP contribution in [0.15, 0.2) is 24.3 Å². The molecule has 0 spiro atoms. The lowest BCUT2D eigenvalue weighted by molar-refractivity contribution is 0.321. The van der Waals surface area contributed by atoms with Crippen LogP contribution in [0, 0.1) is 0 Å². The number of hydrogen-bond acceptors (Lipinski definition) is 2. The maximum Gasteiger partial charge on any atom is 0.0546 e. The van der Waals surface area contributed by atoms with E-state index in [0.717, 1.165) is 5.56 Å². The monoisotopic (exact) mass is 218 g/mol. The Balaban J connectivity index is 2.58. The molecule has 1 unspecified atom stereocenters. The molecule has 0 saturated heterocycles. The Bertz CT molecular complexity index is 301. The van der Waals surface area contributed by atoms with Crippen molar-refractivity contribution in [3.63, 3.8) is 0 Å². The van der Waals surface area contributed by atoms with E-state index in [-0.39, 0.29) is 6.61 Å². The van der Waals surface area contributed by atoms with Crippen LogP contribution in [0.1, 0.15) is 5.56 Å². The van der Waals surface area contributed by atoms with Crippen LogP contribution in [-0.2, 0) is 16.6 Å². The highest BCUT2D eigenvalue weighted by Gasteiger charge is 2.00. The average molecular weight is 219 g/mol. The predicted octanol–water partition coefficient (Wildman–Crippen LogP) is 1.58. The van der Waals surface area contributed by atoms with Gasteiger partial charge in [-0.2, -0.15) is 0 Å². The normalized spacial score (nSPS) is 12.8. The van der Waals surface area contributed by atoms with Gasteiger partial charge in [0, 0.05) is 27.3 Å². The first-order valence-electron chi connectivity index (χ1n) is 3.92. The number of aliphatic hydroxyl groups excluding tert-OH is 1. The van der Waals surface area contributed by atoms with Crippen molar-refractivity contribution in [1.29, 1.82) is 0 Å². The van der Waals surface area contributed by atoms with Gasteiger partial charge in [-0.15, -0.1) is 0 Å². The number of rotatable bonds is 4. The third-order valence-corrected chi connectivity index (χ3v) is 3.06. The highest BCUT2D eigenvalue weighted by Crippen LogP contribution is 2.12. The van der Waals surface area contributed by atoms with Gasteiger partial charge in [-0.25, -0.2) is 0 Å². The molecular weight excluding hydrogens is 208 g/mol. The smallest absolute Gasteiger partial charge is 0.0546 e. The fourth-order valence-corrected chi connectivity index (χ4v) is 2.10. The van der Waals surface area contributed by atoms with Crippen LogP contribution in [0.3, 0.4) is 0 Å². The van der Waals surface area contributed by atoms with Crippen molar-refractivity contribution in [1.82, 2.24) is 0 Å². The van der Waals surface area contributed by atoms with Crippen molar-refractivity contribution in [3.05, 3.63) is 34.9 Å². The topological polar surface area (TPSA) is 37.3 Å². The molecule has 1 aromatic carbocycles. The van der Waals surface area contributed by atoms with E-state index in [2.05, 4.69) is 0 Å². The van der Waals surface area contributed by atoms with Gasteiger partial charge in [-0.05, 0) is 17.7 Å². The number of benzene rings is 1. The van der Waals surface area contributed by atoms with Crippen molar-refractivity contribution in [2.45, 2.75) is 5.75 Å². The number of hydrogen-bond donors (Lipinski definition) is 1. The molecule has 13 heavy (non-hydrogen) atoms. The zero-order valence-corrected chi connectivity index (χ0v) is 8.64. The van der Waals surface area contributed by atoms with E-state index in [1.165, 1.54) is 0 Å². The van der Waals surface area contributed by atoms with Crippen molar-refractivity contribution < 1.29 is 9.32 Å². The summed E-state index contributed by atoms with van der Waals surface area (Å²) in [6, 6.07) is 7.27. The zero-order chi connectivity index (χ0) is 9.68. The third kappa shape index (κ3) is 3.89. The quantitative estimate of drug-likeness (QED) is 0.833. The van der Waals surface area contributed by atoms with Crippen molar-refractivity contribution in [2.75, 3.05) is 12.4 Å². The van der Waals surface area contributed by atoms with Crippen LogP contribution in [0.2, 0.25) is 5.02 Å². The first-order valence-corrected chi connectivity index (χ1v) is 5.79. The molecule has 0 fully saturated rings. The van der Waals surface area contributed by atoms with Crippen LogP contribution < -0.4 is 0 Å². The summed E-state index contributed by atoms with van der Waals surface area (Å²) in [5.41, 5.74) is 0.944. The molecule has 1 atom stereocenters. The lowest BCUT2D eigenvalue weighted by Gasteiger charge is -2.00. The van der Waals surface area contributed by atoms with Gasteiger partial charge < -0.3 is 5.11 Å². The van der Waals surface area contributed by atoms with E-state index in [0.29, 0.717) is 16.5 Å². The molecule has 0 bridgehead atoms. The maximum absolute atomic E-state index is 11.2. The van der Waals surface area contributed by atoms with Gasteiger partial charge in [0.2, 0.25) is 0 Å². The zero-order valence-electron chi connectivity index (χ0n) is 7.07. The standard InChI is InChI=1S/C9H11ClO2S/c10-9-3-1-2-8(6-9)7-13(12)5-4-11/h1-3,6,11H,4-5,7H2. The first-order chi connectivity index (χ1) is 6.22. The summed E-state index contributed by atoms with van der Waals surface area (Å²) in [7, 11) is -0.988. The largest absolute Gasteiger partial charge is 0.395 e. The molecule has 1 aromatic rings. The molecule has 0 heterocycles. The van der Waals surface area contributed by atoms with E-state index < -0.39 is 10.8 Å². The molecule has 4 heteroatoms. The van der Waals surface area contributed by atoms with Gasteiger partial charge in [0.05, 0.1) is 6.61 Å². The Hall–Kier alpha value is -0.380. The van der Waals surface area contributed by atoms with Gasteiger partial charge in [0.25, 0.3) is 0 Å². The second kappa shape index (κ2) is 5.37. The lowest BCUT2D eigenvalue weighted by atomic mass is 10.2. The molecule has 0 aliphatic heterocycles. The molecule has 0 amide bonds. The van der Waals surface area contributed by atoms with E-state index >= 15 is 0 Å². The average Bonchev–Trinajstić information content (AvgIpc) is 2.04. The number of halogens is 1. The van der Waals surface area contributed by atoms with E-state index in [4.69, 9.17) is 16.7 Å². The van der Waals surface area contributed by atoms with Gasteiger partial charge in [0.1, 0.15) is 0 Å². The first kappa shape index (κ1) is 10.7. The lowest BCUT2D eigenvalue weighted by Crippen LogP contribution is -2.04. The van der Waals surface area contributed by atoms with Gasteiger partial charge in [-0.3, -0.25) is 4.21 Å². The van der Waals surface area contributed by atoms with E-state index in [1.807, 2.05) is 12.1 Å². The molecule has 0 aliphatic carbocycles. The fraction of sp³-hybridized carbons (Fsp3) is 0.333. The molecular formula is C9H11ClO2S. The summed E-state index contributed by atoms with van der Waals surface area (Å²) >= 11 is 5.76. The molecule has 0 radical (unpaired) electrons. The maximum atomic E-state index is 11.2. The Morgan fingerprint density at radius 3 is 2.85 bits per heavy atom. The molecule has 0 saturated carbocycles. The fourth-order valence-electron chi connectivity index (χ4n) is 0.987. The third-order valence-electron chi connectivity index (χ3n) is 1.54. The van der Waals surface area contributed by atoms with Crippen LogP contribution in [0.5, 0.6) is 0 Å². The Labute approximate surface area is 85.0 Å². The minimum atomic E-state index is -0.988. The van der Waals surface area contributed by atoms with Crippen LogP contribution >= 0.6 is 11.6 Å². The highest BCUT2D eigenvalue weighted by molar-refractivity contribution is 7.84. The molecule has 1 N–H and O–H groups in total. The summed E-state index contributed by atoms with van der Waals surface area (Å²) in [5, 5.41) is 9.20. The summed E-state index contributed by atoms with van der Waals surface area (Å²) in [5.74, 6) is 0.785. The van der Waals surface area contributed by atoms with E-state index in [9.17, 15) is 4.21 Å². The Morgan fingerprint density at radius 1 is 1.46 bits per heavy atom. The molecule has 0 aromatic heterocycles. The van der Waals surface area contributed by atoms with Crippen molar-refractivity contribution in [2.24, 2.45) is 0 Å². The van der Waals surface area contributed by atoms with Gasteiger partial charge in [-0.1, -0.05) is 23.7 Å². The predicted molar refractivity (Wildman–Crippen MR) is 55.3 cm³/mol. The molecule has 1 rings (SSSR count). The summed E-state index contributed by atoms with van der Waals surface area (Å²) in [6.07, 6.45) is 0. The molecule has 72 valence electrons. The number of aliphatic hydroxyl groups is 1. The second-order valence-corrected chi connectivity index (χ2v) is 4.65. The summed E-state index contributed by atoms with van der Waals surface area (Å²) in [4.78, 5) is 0. The SMILES string of the molecule is O=S(CCO)Cc1cccc(Cl)c1. The highest BCUT2D eigenvalue weighted by atomic mass is 35.5. The van der Waals surface area contributed by atoms with E-state index in [1.54, 1.807) is 12.1 Å². The van der Waals surface area contributed by atoms with Crippen molar-refractivity contribution in [3.8, 4) is 0 Å². The summed E-state index contributed by atoms with van der Waals surface area (Å²) in [6.45, 7) is -0.0345. The molecule has 0 aliphatic rings. The minimum Gasteiger partial charge on any atom is -0.395 e. The van der Waals surface area contributed by atoms with Crippen LogP contribution in [-0.4, -0.2) is 21.7 Å². The summed E-state index contributed by atoms with van der Waals surface area (Å²) < 4.78 is 11.2. The van der Waals surface area contributed by atoms with Crippen LogP contribution in [0.25, 0.3) is 0 Å². The van der Waals surface area contributed by atoms with Crippen LogP contribution in [0.4, 0.5) is 0 Å². The Morgan fingerprint density at radius 2 is 2.23 bits per heavy atom. The minimum absolute atomic E-state index is 0.0345. The van der Waals surface area contributed by atoms with Gasteiger partial charge in [0.15, 0.2) is 0 Å². The van der Waals surface area contributed by atoms with Crippen molar-refractivity contribution >= 4 is 22.4 Å².